The number of nitrogens with zero attached hydrogens (tertiary/aromatic N) is 1. The van der Waals surface area contributed by atoms with Gasteiger partial charge >= 0.3 is 0 Å². The van der Waals surface area contributed by atoms with Crippen molar-refractivity contribution < 1.29 is 8.42 Å². The van der Waals surface area contributed by atoms with E-state index in [1.807, 2.05) is 0 Å². The second-order valence-electron chi connectivity index (χ2n) is 3.11. The molecule has 1 unspecified atom stereocenters. The van der Waals surface area contributed by atoms with Gasteiger partial charge in [0.25, 0.3) is 0 Å². The van der Waals surface area contributed by atoms with Gasteiger partial charge in [-0.3, -0.25) is 4.99 Å². The topological polar surface area (TPSA) is 72.5 Å². The number of rotatable bonds is 2. The first kappa shape index (κ1) is 9.51. The quantitative estimate of drug-likeness (QED) is 0.490. The third kappa shape index (κ3) is 2.20. The lowest BCUT2D eigenvalue weighted by molar-refractivity contribution is 0.590. The Balaban J connectivity index is 2.60. The lowest BCUT2D eigenvalue weighted by Gasteiger charge is -2.04. The molecule has 0 bridgehead atoms. The maximum atomic E-state index is 11.3. The van der Waals surface area contributed by atoms with Crippen LogP contribution in [0.25, 0.3) is 0 Å². The molecule has 0 saturated carbocycles. The van der Waals surface area contributed by atoms with Crippen molar-refractivity contribution in [1.29, 1.82) is 0 Å². The van der Waals surface area contributed by atoms with Crippen LogP contribution in [0, 0.1) is 0 Å². The van der Waals surface area contributed by atoms with Crippen LogP contribution in [0.5, 0.6) is 0 Å². The van der Waals surface area contributed by atoms with Crippen LogP contribution < -0.4 is 5.73 Å². The zero-order chi connectivity index (χ0) is 9.19. The van der Waals surface area contributed by atoms with E-state index in [2.05, 4.69) is 4.99 Å². The summed E-state index contributed by atoms with van der Waals surface area (Å²) in [6.45, 7) is 2.01. The van der Waals surface area contributed by atoms with Gasteiger partial charge < -0.3 is 5.73 Å². The molecule has 0 aromatic carbocycles. The van der Waals surface area contributed by atoms with Gasteiger partial charge in [-0.1, -0.05) is 0 Å². The van der Waals surface area contributed by atoms with Gasteiger partial charge in [0, 0.05) is 0 Å². The first-order chi connectivity index (χ1) is 5.52. The van der Waals surface area contributed by atoms with Crippen LogP contribution in [-0.2, 0) is 9.84 Å². The summed E-state index contributed by atoms with van der Waals surface area (Å²) in [7, 11) is -2.85. The summed E-state index contributed by atoms with van der Waals surface area (Å²) < 4.78 is 22.5. The summed E-state index contributed by atoms with van der Waals surface area (Å²) in [5.74, 6) is 0.772. The number of hydrogen-bond donors (Lipinski definition) is 1. The third-order valence-electron chi connectivity index (χ3n) is 2.01. The molecule has 0 spiro atoms. The second kappa shape index (κ2) is 3.43. The van der Waals surface area contributed by atoms with Crippen LogP contribution >= 0.6 is 0 Å². The summed E-state index contributed by atoms with van der Waals surface area (Å²) in [4.78, 5) is 3.92. The van der Waals surface area contributed by atoms with E-state index in [9.17, 15) is 8.42 Å². The maximum Gasteiger partial charge on any atom is 0.154 e. The van der Waals surface area contributed by atoms with Gasteiger partial charge in [0.2, 0.25) is 0 Å². The summed E-state index contributed by atoms with van der Waals surface area (Å²) in [6.07, 6.45) is 1.51. The van der Waals surface area contributed by atoms with E-state index in [4.69, 9.17) is 5.73 Å². The van der Waals surface area contributed by atoms with Crippen LogP contribution in [-0.4, -0.2) is 31.8 Å². The highest BCUT2D eigenvalue weighted by atomic mass is 32.2. The van der Waals surface area contributed by atoms with Gasteiger partial charge in [-0.2, -0.15) is 0 Å². The molecule has 0 aromatic heterocycles. The molecule has 1 aliphatic rings. The first-order valence-corrected chi connectivity index (χ1v) is 5.72. The fraction of sp³-hybridized carbons (Fsp3) is 0.857. The molecule has 70 valence electrons. The van der Waals surface area contributed by atoms with Gasteiger partial charge in [-0.25, -0.2) is 8.42 Å². The minimum Gasteiger partial charge on any atom is -0.388 e. The van der Waals surface area contributed by atoms with Crippen molar-refractivity contribution in [3.8, 4) is 0 Å². The molecule has 1 rings (SSSR count). The molecule has 1 saturated heterocycles. The minimum atomic E-state index is -2.85. The first-order valence-electron chi connectivity index (χ1n) is 4.00. The summed E-state index contributed by atoms with van der Waals surface area (Å²) in [5, 5.41) is -0.281. The molecular weight excluding hydrogens is 176 g/mol. The average molecular weight is 190 g/mol. The van der Waals surface area contributed by atoms with Crippen molar-refractivity contribution >= 4 is 15.7 Å². The monoisotopic (exact) mass is 190 g/mol. The highest BCUT2D eigenvalue weighted by Gasteiger charge is 2.30. The number of nitrogens with two attached hydrogens (primary N) is 1. The Morgan fingerprint density at radius 1 is 1.67 bits per heavy atom. The Morgan fingerprint density at radius 2 is 2.33 bits per heavy atom. The standard InChI is InChI=1S/C7H14N2O2S/c1-6(8)9-5-7-3-2-4-12(7,10)11/h7H,2-5H2,1H3,(H2,8,9). The zero-order valence-corrected chi connectivity index (χ0v) is 7.97. The highest BCUT2D eigenvalue weighted by Crippen LogP contribution is 2.19. The van der Waals surface area contributed by atoms with Crippen molar-refractivity contribution in [3.63, 3.8) is 0 Å². The molecule has 1 aliphatic heterocycles. The fourth-order valence-electron chi connectivity index (χ4n) is 1.31. The Morgan fingerprint density at radius 3 is 2.75 bits per heavy atom. The van der Waals surface area contributed by atoms with Crippen LogP contribution in [0.1, 0.15) is 19.8 Å². The van der Waals surface area contributed by atoms with Crippen molar-refractivity contribution in [1.82, 2.24) is 0 Å². The molecule has 1 atom stereocenters. The average Bonchev–Trinajstić information content (AvgIpc) is 2.25. The summed E-state index contributed by atoms with van der Waals surface area (Å²) >= 11 is 0. The van der Waals surface area contributed by atoms with Gasteiger partial charge in [-0.05, 0) is 19.8 Å². The van der Waals surface area contributed by atoms with Crippen molar-refractivity contribution in [2.75, 3.05) is 12.3 Å². The molecule has 0 aliphatic carbocycles. The molecule has 0 amide bonds. The molecule has 4 nitrogen and oxygen atoms in total. The van der Waals surface area contributed by atoms with Gasteiger partial charge in [0.1, 0.15) is 0 Å². The van der Waals surface area contributed by atoms with Crippen LogP contribution in [0.2, 0.25) is 0 Å². The third-order valence-corrected chi connectivity index (χ3v) is 4.27. The van der Waals surface area contributed by atoms with E-state index in [1.54, 1.807) is 6.92 Å². The van der Waals surface area contributed by atoms with E-state index in [1.165, 1.54) is 0 Å². The Kier molecular flexibility index (Phi) is 2.72. The van der Waals surface area contributed by atoms with Crippen LogP contribution in [0.15, 0.2) is 4.99 Å². The van der Waals surface area contributed by atoms with E-state index < -0.39 is 9.84 Å². The molecule has 5 heteroatoms. The molecule has 1 heterocycles. The largest absolute Gasteiger partial charge is 0.388 e. The fourth-order valence-corrected chi connectivity index (χ4v) is 3.04. The SMILES string of the molecule is CC(N)=NCC1CCCS1(=O)=O. The summed E-state index contributed by atoms with van der Waals surface area (Å²) in [5.41, 5.74) is 5.31. The lowest BCUT2D eigenvalue weighted by Crippen LogP contribution is -2.20. The second-order valence-corrected chi connectivity index (χ2v) is 5.51. The zero-order valence-electron chi connectivity index (χ0n) is 7.16. The van der Waals surface area contributed by atoms with E-state index in [-0.39, 0.29) is 5.25 Å². The number of sulfone groups is 1. The van der Waals surface area contributed by atoms with Crippen LogP contribution in [0.4, 0.5) is 0 Å². The predicted molar refractivity (Wildman–Crippen MR) is 49.0 cm³/mol. The number of aliphatic imine (C=N–C) groups is 1. The highest BCUT2D eigenvalue weighted by molar-refractivity contribution is 7.92. The summed E-state index contributed by atoms with van der Waals surface area (Å²) in [6, 6.07) is 0. The van der Waals surface area contributed by atoms with Crippen molar-refractivity contribution in [3.05, 3.63) is 0 Å². The molecule has 0 radical (unpaired) electrons. The van der Waals surface area contributed by atoms with E-state index in [0.29, 0.717) is 18.1 Å². The Labute approximate surface area is 72.8 Å². The van der Waals surface area contributed by atoms with Gasteiger partial charge in [0.15, 0.2) is 9.84 Å². The molecule has 1 fully saturated rings. The van der Waals surface area contributed by atoms with Crippen molar-refractivity contribution in [2.24, 2.45) is 10.7 Å². The molecule has 2 N–H and O–H groups in total. The van der Waals surface area contributed by atoms with E-state index in [0.717, 1.165) is 12.8 Å². The molecular formula is C7H14N2O2S. The molecule has 12 heavy (non-hydrogen) atoms. The van der Waals surface area contributed by atoms with Gasteiger partial charge in [-0.15, -0.1) is 0 Å². The number of amidine groups is 1. The predicted octanol–water partition coefficient (Wildman–Crippen LogP) is -0.0593. The minimum absolute atomic E-state index is 0.281. The normalized spacial score (nSPS) is 29.1. The van der Waals surface area contributed by atoms with Gasteiger partial charge in [0.05, 0.1) is 23.4 Å². The van der Waals surface area contributed by atoms with Crippen molar-refractivity contribution in [2.45, 2.75) is 25.0 Å². The van der Waals surface area contributed by atoms with Crippen LogP contribution in [0.3, 0.4) is 0 Å². The molecule has 0 aromatic rings. The Bertz CT molecular complexity index is 278. The maximum absolute atomic E-state index is 11.3. The lowest BCUT2D eigenvalue weighted by atomic mass is 10.2. The Hall–Kier alpha value is -0.580. The smallest absolute Gasteiger partial charge is 0.154 e. The van der Waals surface area contributed by atoms with E-state index >= 15 is 0 Å². The number of hydrogen-bond acceptors (Lipinski definition) is 3.